The van der Waals surface area contributed by atoms with Gasteiger partial charge in [0.25, 0.3) is 0 Å². The van der Waals surface area contributed by atoms with Crippen molar-refractivity contribution in [3.8, 4) is 0 Å². The highest BCUT2D eigenvalue weighted by atomic mass is 35.5. The fourth-order valence-electron chi connectivity index (χ4n) is 3.26. The number of rotatable bonds is 5. The Hall–Kier alpha value is -2.45. The van der Waals surface area contributed by atoms with Crippen LogP contribution >= 0.6 is 11.6 Å². The Kier molecular flexibility index (Phi) is 6.18. The summed E-state index contributed by atoms with van der Waals surface area (Å²) in [5, 5.41) is 4.98. The van der Waals surface area contributed by atoms with Crippen LogP contribution in [0, 0.1) is 0 Å². The first-order valence-corrected chi connectivity index (χ1v) is 10.0. The van der Waals surface area contributed by atoms with E-state index in [1.165, 1.54) is 6.42 Å². The second kappa shape index (κ2) is 9.16. The fraction of sp³-hybridized carbons (Fsp3) is 0.474. The molecule has 2 aliphatic rings. The summed E-state index contributed by atoms with van der Waals surface area (Å²) < 4.78 is 5.45. The number of hydrogen-bond acceptors (Lipinski definition) is 8. The van der Waals surface area contributed by atoms with Gasteiger partial charge in [-0.2, -0.15) is 20.1 Å². The molecular weight excluding hydrogens is 378 g/mol. The number of nitrogens with one attached hydrogen (secondary N) is 1. The van der Waals surface area contributed by atoms with E-state index in [-0.39, 0.29) is 0 Å². The van der Waals surface area contributed by atoms with Crippen LogP contribution < -0.4 is 15.2 Å². The lowest BCUT2D eigenvalue weighted by Crippen LogP contribution is -2.38. The lowest BCUT2D eigenvalue weighted by molar-refractivity contribution is 0.122. The average molecular weight is 402 g/mol. The molecule has 2 fully saturated rings. The highest BCUT2D eigenvalue weighted by Gasteiger charge is 2.20. The first-order valence-electron chi connectivity index (χ1n) is 9.66. The minimum Gasteiger partial charge on any atom is -0.378 e. The number of ether oxygens (including phenoxy) is 1. The molecule has 0 bridgehead atoms. The zero-order valence-electron chi connectivity index (χ0n) is 15.7. The van der Waals surface area contributed by atoms with Gasteiger partial charge >= 0.3 is 0 Å². The summed E-state index contributed by atoms with van der Waals surface area (Å²) in [6, 6.07) is 7.46. The summed E-state index contributed by atoms with van der Waals surface area (Å²) in [7, 11) is 0. The Bertz CT molecular complexity index is 766. The summed E-state index contributed by atoms with van der Waals surface area (Å²) in [4.78, 5) is 18.3. The molecule has 0 saturated carbocycles. The molecule has 2 saturated heterocycles. The van der Waals surface area contributed by atoms with Gasteiger partial charge in [0.15, 0.2) is 0 Å². The molecule has 28 heavy (non-hydrogen) atoms. The standard InChI is InChI=1S/C19H24ClN7O/c20-16-6-4-15(5-7-16)14-21-25-17-22-18(26-8-2-1-3-9-26)24-19(23-17)27-10-12-28-13-11-27/h4-7,14H,1-3,8-13H2,(H,22,23,24,25)/b21-14-. The van der Waals surface area contributed by atoms with Crippen molar-refractivity contribution < 1.29 is 4.74 Å². The lowest BCUT2D eigenvalue weighted by Gasteiger charge is -2.30. The number of morpholine rings is 1. The monoisotopic (exact) mass is 401 g/mol. The topological polar surface area (TPSA) is 78.8 Å². The van der Waals surface area contributed by atoms with Crippen LogP contribution in [0.3, 0.4) is 0 Å². The number of anilines is 3. The summed E-state index contributed by atoms with van der Waals surface area (Å²) in [5.74, 6) is 1.82. The van der Waals surface area contributed by atoms with E-state index in [1.54, 1.807) is 6.21 Å². The number of piperidine rings is 1. The molecule has 0 amide bonds. The molecule has 0 radical (unpaired) electrons. The van der Waals surface area contributed by atoms with Crippen LogP contribution in [0.25, 0.3) is 0 Å². The van der Waals surface area contributed by atoms with E-state index in [2.05, 4.69) is 30.3 Å². The maximum Gasteiger partial charge on any atom is 0.250 e. The molecule has 0 atom stereocenters. The summed E-state index contributed by atoms with van der Waals surface area (Å²) >= 11 is 5.92. The molecular formula is C19H24ClN7O. The van der Waals surface area contributed by atoms with E-state index in [9.17, 15) is 0 Å². The molecule has 1 aromatic carbocycles. The molecule has 148 valence electrons. The highest BCUT2D eigenvalue weighted by molar-refractivity contribution is 6.30. The third-order valence-corrected chi connectivity index (χ3v) is 5.04. The van der Waals surface area contributed by atoms with Gasteiger partial charge in [0.05, 0.1) is 19.4 Å². The lowest BCUT2D eigenvalue weighted by atomic mass is 10.1. The third-order valence-electron chi connectivity index (χ3n) is 4.79. The minimum absolute atomic E-state index is 0.447. The Balaban J connectivity index is 1.54. The number of nitrogens with zero attached hydrogens (tertiary/aromatic N) is 6. The Morgan fingerprint density at radius 1 is 0.893 bits per heavy atom. The van der Waals surface area contributed by atoms with Crippen molar-refractivity contribution in [2.75, 3.05) is 54.6 Å². The van der Waals surface area contributed by atoms with Crippen LogP contribution in [0.2, 0.25) is 5.02 Å². The highest BCUT2D eigenvalue weighted by Crippen LogP contribution is 2.21. The number of hydrogen-bond donors (Lipinski definition) is 1. The normalized spacial score (nSPS) is 17.9. The van der Waals surface area contributed by atoms with Crippen LogP contribution in [0.4, 0.5) is 17.8 Å². The summed E-state index contributed by atoms with van der Waals surface area (Å²) in [6.45, 7) is 4.86. The maximum absolute atomic E-state index is 5.92. The SMILES string of the molecule is Clc1ccc(/C=N\Nc2nc(N3CCCCC3)nc(N3CCOCC3)n2)cc1. The van der Waals surface area contributed by atoms with Crippen molar-refractivity contribution in [2.45, 2.75) is 19.3 Å². The van der Waals surface area contributed by atoms with Gasteiger partial charge in [0.2, 0.25) is 17.8 Å². The van der Waals surface area contributed by atoms with Crippen molar-refractivity contribution in [3.05, 3.63) is 34.9 Å². The zero-order chi connectivity index (χ0) is 19.2. The summed E-state index contributed by atoms with van der Waals surface area (Å²) in [6.07, 6.45) is 5.30. The van der Waals surface area contributed by atoms with Gasteiger partial charge in [0.1, 0.15) is 0 Å². The molecule has 0 unspecified atom stereocenters. The predicted molar refractivity (Wildman–Crippen MR) is 112 cm³/mol. The van der Waals surface area contributed by atoms with Gasteiger partial charge < -0.3 is 14.5 Å². The largest absolute Gasteiger partial charge is 0.378 e. The maximum atomic E-state index is 5.92. The van der Waals surface area contributed by atoms with E-state index in [0.29, 0.717) is 36.1 Å². The molecule has 0 aliphatic carbocycles. The van der Waals surface area contributed by atoms with Crippen molar-refractivity contribution in [3.63, 3.8) is 0 Å². The van der Waals surface area contributed by atoms with Gasteiger partial charge in [-0.15, -0.1) is 0 Å². The summed E-state index contributed by atoms with van der Waals surface area (Å²) in [5.41, 5.74) is 3.90. The molecule has 9 heteroatoms. The van der Waals surface area contributed by atoms with E-state index in [1.807, 2.05) is 24.3 Å². The zero-order valence-corrected chi connectivity index (χ0v) is 16.5. The van der Waals surface area contributed by atoms with E-state index < -0.39 is 0 Å². The average Bonchev–Trinajstić information content (AvgIpc) is 2.76. The van der Waals surface area contributed by atoms with E-state index in [4.69, 9.17) is 21.3 Å². The molecule has 4 rings (SSSR count). The number of halogens is 1. The van der Waals surface area contributed by atoms with E-state index in [0.717, 1.165) is 44.6 Å². The Morgan fingerprint density at radius 2 is 1.54 bits per heavy atom. The third kappa shape index (κ3) is 4.88. The van der Waals surface area contributed by atoms with Gasteiger partial charge in [-0.3, -0.25) is 0 Å². The van der Waals surface area contributed by atoms with E-state index >= 15 is 0 Å². The van der Waals surface area contributed by atoms with Crippen LogP contribution in [-0.2, 0) is 4.74 Å². The quantitative estimate of drug-likeness (QED) is 0.609. The number of hydrazone groups is 1. The Morgan fingerprint density at radius 3 is 2.21 bits per heavy atom. The van der Waals surface area contributed by atoms with Gasteiger partial charge in [-0.05, 0) is 37.0 Å². The van der Waals surface area contributed by atoms with Crippen LogP contribution in [-0.4, -0.2) is 60.6 Å². The first-order chi connectivity index (χ1) is 13.8. The fourth-order valence-corrected chi connectivity index (χ4v) is 3.38. The molecule has 1 aromatic heterocycles. The van der Waals surface area contributed by atoms with Crippen LogP contribution in [0.1, 0.15) is 24.8 Å². The molecule has 8 nitrogen and oxygen atoms in total. The second-order valence-electron chi connectivity index (χ2n) is 6.83. The molecule has 3 heterocycles. The van der Waals surface area contributed by atoms with Crippen molar-refractivity contribution in [1.29, 1.82) is 0 Å². The Labute approximate surface area is 169 Å². The van der Waals surface area contributed by atoms with Gasteiger partial charge in [-0.1, -0.05) is 23.7 Å². The first kappa shape index (κ1) is 18.9. The van der Waals surface area contributed by atoms with Gasteiger partial charge in [0, 0.05) is 31.2 Å². The predicted octanol–water partition coefficient (Wildman–Crippen LogP) is 2.80. The smallest absolute Gasteiger partial charge is 0.250 e. The number of benzene rings is 1. The van der Waals surface area contributed by atoms with Crippen molar-refractivity contribution in [1.82, 2.24) is 15.0 Å². The van der Waals surface area contributed by atoms with Crippen LogP contribution in [0.5, 0.6) is 0 Å². The molecule has 2 aliphatic heterocycles. The van der Waals surface area contributed by atoms with Crippen molar-refractivity contribution >= 4 is 35.7 Å². The number of aromatic nitrogens is 3. The minimum atomic E-state index is 0.447. The van der Waals surface area contributed by atoms with Crippen LogP contribution in [0.15, 0.2) is 29.4 Å². The van der Waals surface area contributed by atoms with Gasteiger partial charge in [-0.25, -0.2) is 5.43 Å². The molecule has 2 aromatic rings. The second-order valence-corrected chi connectivity index (χ2v) is 7.26. The molecule has 1 N–H and O–H groups in total. The van der Waals surface area contributed by atoms with Crippen molar-refractivity contribution in [2.24, 2.45) is 5.10 Å². The molecule has 0 spiro atoms.